The van der Waals surface area contributed by atoms with Gasteiger partial charge < -0.3 is 15.4 Å². The molecule has 0 bridgehead atoms. The number of methoxy groups -OCH3 is 1. The van der Waals surface area contributed by atoms with Crippen molar-refractivity contribution in [3.8, 4) is 0 Å². The summed E-state index contributed by atoms with van der Waals surface area (Å²) in [5.74, 6) is 0.786. The van der Waals surface area contributed by atoms with Crippen molar-refractivity contribution in [3.63, 3.8) is 0 Å². The lowest BCUT2D eigenvalue weighted by Crippen LogP contribution is -2.38. The third-order valence-corrected chi connectivity index (χ3v) is 3.07. The van der Waals surface area contributed by atoms with Crippen molar-refractivity contribution in [2.24, 2.45) is 4.99 Å². The van der Waals surface area contributed by atoms with E-state index >= 15 is 0 Å². The average Bonchev–Trinajstić information content (AvgIpc) is 2.35. The van der Waals surface area contributed by atoms with Crippen molar-refractivity contribution in [2.75, 3.05) is 27.3 Å². The molecule has 0 aliphatic heterocycles. The fourth-order valence-corrected chi connectivity index (χ4v) is 2.00. The van der Waals surface area contributed by atoms with Gasteiger partial charge in [-0.2, -0.15) is 0 Å². The van der Waals surface area contributed by atoms with E-state index < -0.39 is 0 Å². The number of aryl methyl sites for hydroxylation is 1. The number of ether oxygens (including phenoxy) is 1. The fourth-order valence-electron chi connectivity index (χ4n) is 1.53. The predicted octanol–water partition coefficient (Wildman–Crippen LogP) is 2.07. The molecule has 0 atom stereocenters. The Morgan fingerprint density at radius 2 is 2.17 bits per heavy atom. The average molecular weight is 314 g/mol. The summed E-state index contributed by atoms with van der Waals surface area (Å²) in [6, 6.07) is 6.26. The molecule has 1 aromatic carbocycles. The van der Waals surface area contributed by atoms with Crippen molar-refractivity contribution < 1.29 is 4.74 Å². The zero-order valence-corrected chi connectivity index (χ0v) is 12.7. The Morgan fingerprint density at radius 1 is 1.39 bits per heavy atom. The molecule has 0 aliphatic carbocycles. The number of hydrogen-bond acceptors (Lipinski definition) is 2. The highest BCUT2D eigenvalue weighted by Crippen LogP contribution is 2.15. The van der Waals surface area contributed by atoms with Crippen molar-refractivity contribution in [3.05, 3.63) is 33.8 Å². The molecule has 2 N–H and O–H groups in total. The number of rotatable bonds is 5. The van der Waals surface area contributed by atoms with Crippen LogP contribution in [-0.4, -0.2) is 33.3 Å². The maximum Gasteiger partial charge on any atom is 0.191 e. The summed E-state index contributed by atoms with van der Waals surface area (Å²) >= 11 is 3.46. The number of aliphatic imine (C=N–C) groups is 1. The Morgan fingerprint density at radius 3 is 2.78 bits per heavy atom. The van der Waals surface area contributed by atoms with Crippen LogP contribution >= 0.6 is 15.9 Å². The van der Waals surface area contributed by atoms with Gasteiger partial charge in [-0.1, -0.05) is 22.0 Å². The molecule has 0 saturated heterocycles. The van der Waals surface area contributed by atoms with Crippen LogP contribution in [0.2, 0.25) is 0 Å². The first-order valence-electron chi connectivity index (χ1n) is 5.86. The molecule has 0 aromatic heterocycles. The molecule has 1 rings (SSSR count). The van der Waals surface area contributed by atoms with E-state index in [0.717, 1.165) is 23.5 Å². The first kappa shape index (κ1) is 15.0. The smallest absolute Gasteiger partial charge is 0.191 e. The molecule has 0 fully saturated rings. The Labute approximate surface area is 117 Å². The van der Waals surface area contributed by atoms with E-state index in [4.69, 9.17) is 4.74 Å². The molecular formula is C13H20BrN3O. The van der Waals surface area contributed by atoms with Gasteiger partial charge >= 0.3 is 0 Å². The van der Waals surface area contributed by atoms with Crippen LogP contribution < -0.4 is 10.6 Å². The number of hydrogen-bond donors (Lipinski definition) is 2. The summed E-state index contributed by atoms with van der Waals surface area (Å²) in [6.45, 7) is 4.27. The monoisotopic (exact) mass is 313 g/mol. The molecule has 0 saturated carbocycles. The molecule has 0 heterocycles. The number of nitrogens with one attached hydrogen (secondary N) is 2. The minimum absolute atomic E-state index is 0.665. The van der Waals surface area contributed by atoms with Crippen LogP contribution in [0.5, 0.6) is 0 Å². The van der Waals surface area contributed by atoms with Gasteiger partial charge in [0.1, 0.15) is 0 Å². The first-order chi connectivity index (χ1) is 8.67. The number of nitrogens with zero attached hydrogens (tertiary/aromatic N) is 1. The van der Waals surface area contributed by atoms with Crippen molar-refractivity contribution in [1.29, 1.82) is 0 Å². The topological polar surface area (TPSA) is 45.7 Å². The van der Waals surface area contributed by atoms with Gasteiger partial charge in [-0.05, 0) is 30.2 Å². The minimum Gasteiger partial charge on any atom is -0.383 e. The summed E-state index contributed by atoms with van der Waals surface area (Å²) in [5, 5.41) is 6.45. The predicted molar refractivity (Wildman–Crippen MR) is 79.0 cm³/mol. The highest BCUT2D eigenvalue weighted by Gasteiger charge is 2.01. The van der Waals surface area contributed by atoms with Crippen LogP contribution in [0.1, 0.15) is 11.1 Å². The highest BCUT2D eigenvalue weighted by atomic mass is 79.9. The molecular weight excluding hydrogens is 294 g/mol. The molecule has 0 amide bonds. The van der Waals surface area contributed by atoms with E-state index in [1.165, 1.54) is 11.1 Å². The van der Waals surface area contributed by atoms with Gasteiger partial charge in [0, 0.05) is 31.7 Å². The van der Waals surface area contributed by atoms with E-state index in [2.05, 4.69) is 50.6 Å². The minimum atomic E-state index is 0.665. The second-order valence-electron chi connectivity index (χ2n) is 3.92. The molecule has 5 heteroatoms. The van der Waals surface area contributed by atoms with Crippen molar-refractivity contribution >= 4 is 21.9 Å². The molecule has 0 radical (unpaired) electrons. The van der Waals surface area contributed by atoms with Gasteiger partial charge in [0.25, 0.3) is 0 Å². The van der Waals surface area contributed by atoms with Gasteiger partial charge in [0.15, 0.2) is 5.96 Å². The summed E-state index contributed by atoms with van der Waals surface area (Å²) in [5.41, 5.74) is 2.51. The molecule has 0 spiro atoms. The Bertz CT molecular complexity index is 407. The highest BCUT2D eigenvalue weighted by molar-refractivity contribution is 9.10. The second kappa shape index (κ2) is 8.11. The van der Waals surface area contributed by atoms with E-state index in [-0.39, 0.29) is 0 Å². The first-order valence-corrected chi connectivity index (χ1v) is 6.65. The molecule has 18 heavy (non-hydrogen) atoms. The summed E-state index contributed by atoms with van der Waals surface area (Å²) < 4.78 is 6.08. The lowest BCUT2D eigenvalue weighted by Gasteiger charge is -2.13. The Hall–Kier alpha value is -1.07. The van der Waals surface area contributed by atoms with Crippen LogP contribution in [-0.2, 0) is 11.3 Å². The maximum atomic E-state index is 4.98. The van der Waals surface area contributed by atoms with Gasteiger partial charge in [0.05, 0.1) is 6.61 Å². The lowest BCUT2D eigenvalue weighted by atomic mass is 10.1. The van der Waals surface area contributed by atoms with Crippen molar-refractivity contribution in [2.45, 2.75) is 13.5 Å². The summed E-state index contributed by atoms with van der Waals surface area (Å²) in [4.78, 5) is 4.15. The zero-order chi connectivity index (χ0) is 13.4. The van der Waals surface area contributed by atoms with E-state index in [9.17, 15) is 0 Å². The fraction of sp³-hybridized carbons (Fsp3) is 0.462. The third-order valence-electron chi connectivity index (χ3n) is 2.57. The van der Waals surface area contributed by atoms with Gasteiger partial charge in [-0.15, -0.1) is 0 Å². The third kappa shape index (κ3) is 5.06. The van der Waals surface area contributed by atoms with E-state index in [1.807, 2.05) is 6.07 Å². The molecule has 4 nitrogen and oxygen atoms in total. The van der Waals surface area contributed by atoms with Crippen LogP contribution in [0.4, 0.5) is 0 Å². The summed E-state index contributed by atoms with van der Waals surface area (Å²) in [7, 11) is 3.44. The second-order valence-corrected chi connectivity index (χ2v) is 4.83. The molecule has 0 unspecified atom stereocenters. The Kier molecular flexibility index (Phi) is 6.75. The standard InChI is InChI=1S/C13H20BrN3O/c1-10-8-12(14)5-4-11(10)9-17-13(15-2)16-6-7-18-3/h4-5,8H,6-7,9H2,1-3H3,(H2,15,16,17). The largest absolute Gasteiger partial charge is 0.383 e. The number of guanidine groups is 1. The van der Waals surface area contributed by atoms with Crippen LogP contribution in [0.25, 0.3) is 0 Å². The van der Waals surface area contributed by atoms with Crippen molar-refractivity contribution in [1.82, 2.24) is 10.6 Å². The molecule has 1 aromatic rings. The lowest BCUT2D eigenvalue weighted by molar-refractivity contribution is 0.203. The Balaban J connectivity index is 2.47. The van der Waals surface area contributed by atoms with E-state index in [1.54, 1.807) is 14.2 Å². The van der Waals surface area contributed by atoms with Gasteiger partial charge in [-0.3, -0.25) is 4.99 Å². The molecule has 0 aliphatic rings. The maximum absolute atomic E-state index is 4.98. The quantitative estimate of drug-likeness (QED) is 0.497. The summed E-state index contributed by atoms with van der Waals surface area (Å²) in [6.07, 6.45) is 0. The van der Waals surface area contributed by atoms with Gasteiger partial charge in [0.2, 0.25) is 0 Å². The van der Waals surface area contributed by atoms with Crippen LogP contribution in [0.15, 0.2) is 27.7 Å². The normalized spacial score (nSPS) is 11.4. The van der Waals surface area contributed by atoms with Crippen LogP contribution in [0.3, 0.4) is 0 Å². The SMILES string of the molecule is CN=C(NCCOC)NCc1ccc(Br)cc1C. The number of benzene rings is 1. The van der Waals surface area contributed by atoms with Gasteiger partial charge in [-0.25, -0.2) is 0 Å². The number of halogens is 1. The molecule has 100 valence electrons. The van der Waals surface area contributed by atoms with Crippen LogP contribution in [0, 0.1) is 6.92 Å². The zero-order valence-electron chi connectivity index (χ0n) is 11.1. The van der Waals surface area contributed by atoms with E-state index in [0.29, 0.717) is 6.61 Å².